The Morgan fingerprint density at radius 2 is 1.81 bits per heavy atom. The third-order valence-corrected chi connectivity index (χ3v) is 5.31. The van der Waals surface area contributed by atoms with Crippen molar-refractivity contribution < 1.29 is 19.4 Å². The molecule has 0 bridgehead atoms. The van der Waals surface area contributed by atoms with E-state index in [1.54, 1.807) is 6.92 Å². The smallest absolute Gasteiger partial charge is 0.374 e. The molecule has 0 aliphatic heterocycles. The van der Waals surface area contributed by atoms with Crippen LogP contribution in [0.15, 0.2) is 11.6 Å². The van der Waals surface area contributed by atoms with Crippen LogP contribution in [-0.2, 0) is 14.3 Å². The number of aliphatic hydroxyl groups is 1. The van der Waals surface area contributed by atoms with Gasteiger partial charge in [-0.2, -0.15) is 0 Å². The van der Waals surface area contributed by atoms with Crippen molar-refractivity contribution in [2.45, 2.75) is 103 Å². The maximum absolute atomic E-state index is 11.5. The summed E-state index contributed by atoms with van der Waals surface area (Å²) in [5.74, 6) is -0.828. The number of ketones is 1. The Balaban J connectivity index is 2.22. The van der Waals surface area contributed by atoms with E-state index in [2.05, 4.69) is 13.0 Å². The largest absolute Gasteiger partial charge is 0.460 e. The Bertz CT molecular complexity index is 441. The van der Waals surface area contributed by atoms with Crippen LogP contribution < -0.4 is 0 Å². The standard InChI is InChI=1S/C22H38O4/c1-3-5-6-7-8-10-13-18-16-17-20(23)19(18)14-11-9-12-15-21(24)22(25)26-4-2/h13,19-20,23H,3-12,14-17H2,1-2H3/t19-,20+/m1/s1. The van der Waals surface area contributed by atoms with Gasteiger partial charge in [-0.15, -0.1) is 0 Å². The predicted octanol–water partition coefficient (Wildman–Crippen LogP) is 5.13. The van der Waals surface area contributed by atoms with Crippen LogP contribution in [0.4, 0.5) is 0 Å². The number of carbonyl (C=O) groups is 2. The predicted molar refractivity (Wildman–Crippen MR) is 105 cm³/mol. The molecule has 0 saturated heterocycles. The first-order chi connectivity index (χ1) is 12.6. The second-order valence-corrected chi connectivity index (χ2v) is 7.44. The highest BCUT2D eigenvalue weighted by atomic mass is 16.5. The molecule has 4 heteroatoms. The molecule has 1 aliphatic rings. The molecule has 0 radical (unpaired) electrons. The molecule has 0 amide bonds. The van der Waals surface area contributed by atoms with E-state index < -0.39 is 11.8 Å². The van der Waals surface area contributed by atoms with E-state index in [1.165, 1.54) is 37.7 Å². The number of hydrogen-bond acceptors (Lipinski definition) is 4. The van der Waals surface area contributed by atoms with E-state index in [4.69, 9.17) is 4.74 Å². The highest BCUT2D eigenvalue weighted by Gasteiger charge is 2.28. The Kier molecular flexibility index (Phi) is 12.3. The number of carbonyl (C=O) groups excluding carboxylic acids is 2. The maximum atomic E-state index is 11.5. The minimum Gasteiger partial charge on any atom is -0.460 e. The van der Waals surface area contributed by atoms with E-state index in [0.717, 1.165) is 44.9 Å². The number of allylic oxidation sites excluding steroid dienone is 1. The molecule has 1 rings (SSSR count). The monoisotopic (exact) mass is 366 g/mol. The summed E-state index contributed by atoms with van der Waals surface area (Å²) in [6, 6.07) is 0. The van der Waals surface area contributed by atoms with Crippen LogP contribution in [0.1, 0.15) is 97.3 Å². The number of esters is 1. The molecule has 0 spiro atoms. The summed E-state index contributed by atoms with van der Waals surface area (Å²) in [6.45, 7) is 4.19. The second-order valence-electron chi connectivity index (χ2n) is 7.44. The summed E-state index contributed by atoms with van der Waals surface area (Å²) in [4.78, 5) is 22.8. The van der Waals surface area contributed by atoms with Crippen LogP contribution in [0, 0.1) is 5.92 Å². The molecule has 1 fully saturated rings. The van der Waals surface area contributed by atoms with Crippen LogP contribution in [0.3, 0.4) is 0 Å². The molecule has 1 aliphatic carbocycles. The van der Waals surface area contributed by atoms with E-state index >= 15 is 0 Å². The minimum atomic E-state index is -0.706. The van der Waals surface area contributed by atoms with Crippen molar-refractivity contribution in [3.63, 3.8) is 0 Å². The quantitative estimate of drug-likeness (QED) is 0.200. The number of aliphatic hydroxyl groups excluding tert-OH is 1. The van der Waals surface area contributed by atoms with Crippen molar-refractivity contribution in [2.24, 2.45) is 5.92 Å². The van der Waals surface area contributed by atoms with Crippen LogP contribution in [0.5, 0.6) is 0 Å². The molecule has 26 heavy (non-hydrogen) atoms. The number of ether oxygens (including phenoxy) is 1. The fourth-order valence-corrected chi connectivity index (χ4v) is 3.76. The molecular weight excluding hydrogens is 328 g/mol. The molecule has 0 unspecified atom stereocenters. The van der Waals surface area contributed by atoms with Gasteiger partial charge in [0, 0.05) is 12.3 Å². The lowest BCUT2D eigenvalue weighted by molar-refractivity contribution is -0.153. The Hall–Kier alpha value is -1.16. The van der Waals surface area contributed by atoms with Gasteiger partial charge in [-0.05, 0) is 45.4 Å². The SMILES string of the molecule is CCCCCCCC=C1CC[C@H](O)[C@@H]1CCCCCC(=O)C(=O)OCC. The van der Waals surface area contributed by atoms with Crippen molar-refractivity contribution in [2.75, 3.05) is 6.61 Å². The lowest BCUT2D eigenvalue weighted by Gasteiger charge is -2.16. The normalized spacial score (nSPS) is 21.3. The fourth-order valence-electron chi connectivity index (χ4n) is 3.76. The molecule has 1 saturated carbocycles. The van der Waals surface area contributed by atoms with Gasteiger partial charge in [-0.25, -0.2) is 4.79 Å². The molecule has 2 atom stereocenters. The Morgan fingerprint density at radius 3 is 2.54 bits per heavy atom. The van der Waals surface area contributed by atoms with Gasteiger partial charge in [-0.3, -0.25) is 4.79 Å². The van der Waals surface area contributed by atoms with Gasteiger partial charge in [0.05, 0.1) is 12.7 Å². The highest BCUT2D eigenvalue weighted by molar-refractivity contribution is 6.33. The van der Waals surface area contributed by atoms with E-state index in [-0.39, 0.29) is 19.1 Å². The van der Waals surface area contributed by atoms with Gasteiger partial charge in [0.25, 0.3) is 0 Å². The molecule has 150 valence electrons. The Morgan fingerprint density at radius 1 is 1.08 bits per heavy atom. The topological polar surface area (TPSA) is 63.6 Å². The lowest BCUT2D eigenvalue weighted by Crippen LogP contribution is -2.17. The highest BCUT2D eigenvalue weighted by Crippen LogP contribution is 2.35. The van der Waals surface area contributed by atoms with E-state index in [1.807, 2.05) is 0 Å². The third kappa shape index (κ3) is 8.98. The first kappa shape index (κ1) is 22.9. The van der Waals surface area contributed by atoms with E-state index in [0.29, 0.717) is 5.92 Å². The molecule has 0 aromatic carbocycles. The molecule has 0 aromatic heterocycles. The third-order valence-electron chi connectivity index (χ3n) is 5.31. The average Bonchev–Trinajstić information content (AvgIpc) is 2.97. The number of unbranched alkanes of at least 4 members (excludes halogenated alkanes) is 7. The van der Waals surface area contributed by atoms with Gasteiger partial charge in [0.15, 0.2) is 0 Å². The van der Waals surface area contributed by atoms with Gasteiger partial charge in [-0.1, -0.05) is 57.1 Å². The van der Waals surface area contributed by atoms with Crippen molar-refractivity contribution >= 4 is 11.8 Å². The summed E-state index contributed by atoms with van der Waals surface area (Å²) in [6.07, 6.45) is 15.6. The first-order valence-corrected chi connectivity index (χ1v) is 10.7. The molecule has 0 heterocycles. The zero-order valence-electron chi connectivity index (χ0n) is 16.8. The summed E-state index contributed by atoms with van der Waals surface area (Å²) in [5, 5.41) is 10.3. The van der Waals surface area contributed by atoms with Gasteiger partial charge in [0.1, 0.15) is 0 Å². The first-order valence-electron chi connectivity index (χ1n) is 10.7. The Labute approximate surface area is 159 Å². The van der Waals surface area contributed by atoms with Crippen LogP contribution >= 0.6 is 0 Å². The van der Waals surface area contributed by atoms with E-state index in [9.17, 15) is 14.7 Å². The summed E-state index contributed by atoms with van der Waals surface area (Å²) in [5.41, 5.74) is 1.44. The van der Waals surface area contributed by atoms with Crippen molar-refractivity contribution in [3.05, 3.63) is 11.6 Å². The number of Topliss-reactive ketones (excluding diaryl/α,β-unsaturated/α-hetero) is 1. The average molecular weight is 367 g/mol. The number of hydrogen-bond donors (Lipinski definition) is 1. The van der Waals surface area contributed by atoms with Crippen molar-refractivity contribution in [1.29, 1.82) is 0 Å². The van der Waals surface area contributed by atoms with Crippen LogP contribution in [0.2, 0.25) is 0 Å². The second kappa shape index (κ2) is 14.0. The summed E-state index contributed by atoms with van der Waals surface area (Å²) in [7, 11) is 0. The molecule has 0 aromatic rings. The van der Waals surface area contributed by atoms with Gasteiger partial charge >= 0.3 is 5.97 Å². The molecular formula is C22H38O4. The lowest BCUT2D eigenvalue weighted by atomic mass is 9.92. The minimum absolute atomic E-state index is 0.206. The van der Waals surface area contributed by atoms with Crippen molar-refractivity contribution in [3.8, 4) is 0 Å². The fraction of sp³-hybridized carbons (Fsp3) is 0.818. The van der Waals surface area contributed by atoms with Crippen LogP contribution in [-0.4, -0.2) is 29.6 Å². The van der Waals surface area contributed by atoms with Gasteiger partial charge in [0.2, 0.25) is 5.78 Å². The van der Waals surface area contributed by atoms with Gasteiger partial charge < -0.3 is 9.84 Å². The van der Waals surface area contributed by atoms with Crippen molar-refractivity contribution in [1.82, 2.24) is 0 Å². The summed E-state index contributed by atoms with van der Waals surface area (Å²) >= 11 is 0. The zero-order chi connectivity index (χ0) is 19.2. The molecule has 4 nitrogen and oxygen atoms in total. The maximum Gasteiger partial charge on any atom is 0.374 e. The number of rotatable bonds is 14. The van der Waals surface area contributed by atoms with Crippen LogP contribution in [0.25, 0.3) is 0 Å². The zero-order valence-corrected chi connectivity index (χ0v) is 16.8. The summed E-state index contributed by atoms with van der Waals surface area (Å²) < 4.78 is 4.71. The molecule has 1 N–H and O–H groups in total.